The Morgan fingerprint density at radius 2 is 1.80 bits per heavy atom. The van der Waals surface area contributed by atoms with Crippen LogP contribution in [0.2, 0.25) is 0 Å². The molecule has 4 atom stereocenters. The Morgan fingerprint density at radius 3 is 2.53 bits per heavy atom. The highest BCUT2D eigenvalue weighted by Gasteiger charge is 2.44. The highest BCUT2D eigenvalue weighted by atomic mass is 16.3. The maximum atomic E-state index is 10.9. The van der Waals surface area contributed by atoms with Crippen LogP contribution >= 0.6 is 0 Å². The normalized spacial score (nSPS) is 30.7. The van der Waals surface area contributed by atoms with Gasteiger partial charge >= 0.3 is 0 Å². The van der Waals surface area contributed by atoms with Gasteiger partial charge in [0.25, 0.3) is 0 Å². The van der Waals surface area contributed by atoms with Crippen LogP contribution in [0, 0.1) is 18.8 Å². The van der Waals surface area contributed by atoms with Crippen molar-refractivity contribution >= 4 is 16.7 Å². The molecule has 2 aromatic rings. The molecule has 6 nitrogen and oxygen atoms in total. The van der Waals surface area contributed by atoms with Crippen molar-refractivity contribution in [3.05, 3.63) is 35.4 Å². The largest absolute Gasteiger partial charge is 0.392 e. The predicted octanol–water partition coefficient (Wildman–Crippen LogP) is 1.86. The summed E-state index contributed by atoms with van der Waals surface area (Å²) in [6.45, 7) is 8.28. The molecular weight excluding hydrogens is 376 g/mol. The van der Waals surface area contributed by atoms with Gasteiger partial charge < -0.3 is 20.0 Å². The van der Waals surface area contributed by atoms with Gasteiger partial charge in [0.05, 0.1) is 18.2 Å². The van der Waals surface area contributed by atoms with E-state index in [9.17, 15) is 10.2 Å². The van der Waals surface area contributed by atoms with Crippen LogP contribution in [0.3, 0.4) is 0 Å². The van der Waals surface area contributed by atoms with Crippen LogP contribution in [0.25, 0.3) is 10.9 Å². The summed E-state index contributed by atoms with van der Waals surface area (Å²) in [6.07, 6.45) is 1.70. The molecule has 3 aliphatic rings. The van der Waals surface area contributed by atoms with Crippen molar-refractivity contribution in [3.63, 3.8) is 0 Å². The van der Waals surface area contributed by atoms with Crippen LogP contribution in [0.15, 0.2) is 24.3 Å². The van der Waals surface area contributed by atoms with Crippen molar-refractivity contribution in [1.82, 2.24) is 14.8 Å². The lowest BCUT2D eigenvalue weighted by Gasteiger charge is -2.44. The van der Waals surface area contributed by atoms with Gasteiger partial charge in [0, 0.05) is 56.3 Å². The highest BCUT2D eigenvalue weighted by molar-refractivity contribution is 5.84. The van der Waals surface area contributed by atoms with Crippen LogP contribution in [0.4, 0.5) is 5.82 Å². The third-order valence-electron chi connectivity index (χ3n) is 7.69. The maximum absolute atomic E-state index is 10.9. The number of nitrogens with zero attached hydrogens (tertiary/aromatic N) is 4. The monoisotopic (exact) mass is 410 g/mol. The summed E-state index contributed by atoms with van der Waals surface area (Å²) < 4.78 is 0. The molecule has 0 spiro atoms. The van der Waals surface area contributed by atoms with Gasteiger partial charge in [-0.3, -0.25) is 4.90 Å². The van der Waals surface area contributed by atoms with E-state index < -0.39 is 0 Å². The summed E-state index contributed by atoms with van der Waals surface area (Å²) in [4.78, 5) is 12.3. The SMILES string of the molecule is Cc1cccc2cc(CO)c(N3C[C@H]4C[C@@H](N5CCN(C)CC5)[C@H](O)C[C@H]4C3)nc12. The number of fused-ring (bicyclic) bond motifs is 2. The fraction of sp³-hybridized carbons (Fsp3) is 0.625. The third kappa shape index (κ3) is 3.60. The molecule has 3 fully saturated rings. The Hall–Kier alpha value is -1.73. The first-order chi connectivity index (χ1) is 14.5. The lowest BCUT2D eigenvalue weighted by atomic mass is 9.77. The second kappa shape index (κ2) is 8.08. The molecule has 1 aromatic carbocycles. The van der Waals surface area contributed by atoms with E-state index in [4.69, 9.17) is 4.98 Å². The van der Waals surface area contributed by atoms with Crippen molar-refractivity contribution in [3.8, 4) is 0 Å². The van der Waals surface area contributed by atoms with Gasteiger partial charge in [-0.15, -0.1) is 0 Å². The first-order valence-corrected chi connectivity index (χ1v) is 11.4. The number of pyridine rings is 1. The number of aliphatic hydroxyl groups excluding tert-OH is 2. The van der Waals surface area contributed by atoms with Gasteiger partial charge in [-0.2, -0.15) is 0 Å². The molecule has 1 aromatic heterocycles. The summed E-state index contributed by atoms with van der Waals surface area (Å²) in [5.74, 6) is 2.02. The van der Waals surface area contributed by atoms with E-state index in [1.54, 1.807) is 0 Å². The van der Waals surface area contributed by atoms with E-state index in [2.05, 4.69) is 46.9 Å². The Morgan fingerprint density at radius 1 is 1.07 bits per heavy atom. The average Bonchev–Trinajstić information content (AvgIpc) is 3.16. The lowest BCUT2D eigenvalue weighted by molar-refractivity contribution is -0.0249. The molecule has 1 aliphatic carbocycles. The zero-order chi connectivity index (χ0) is 20.8. The number of anilines is 1. The molecule has 5 rings (SSSR count). The molecule has 2 N–H and O–H groups in total. The highest BCUT2D eigenvalue weighted by Crippen LogP contribution is 2.41. The quantitative estimate of drug-likeness (QED) is 0.805. The number of para-hydroxylation sites is 1. The minimum atomic E-state index is -0.237. The van der Waals surface area contributed by atoms with Crippen molar-refractivity contribution in [1.29, 1.82) is 0 Å². The van der Waals surface area contributed by atoms with Gasteiger partial charge in [0.1, 0.15) is 5.82 Å². The molecule has 0 amide bonds. The second-order valence-corrected chi connectivity index (χ2v) is 9.65. The zero-order valence-corrected chi connectivity index (χ0v) is 18.2. The Labute approximate surface area is 179 Å². The fourth-order valence-electron chi connectivity index (χ4n) is 5.90. The van der Waals surface area contributed by atoms with E-state index in [0.29, 0.717) is 11.8 Å². The number of piperazine rings is 1. The van der Waals surface area contributed by atoms with Crippen LogP contribution in [-0.4, -0.2) is 83.5 Å². The zero-order valence-electron chi connectivity index (χ0n) is 18.2. The van der Waals surface area contributed by atoms with Crippen LogP contribution < -0.4 is 4.90 Å². The molecule has 6 heteroatoms. The fourth-order valence-corrected chi connectivity index (χ4v) is 5.90. The van der Waals surface area contributed by atoms with Crippen LogP contribution in [0.5, 0.6) is 0 Å². The van der Waals surface area contributed by atoms with Crippen molar-refractivity contribution in [2.45, 2.75) is 38.5 Å². The third-order valence-corrected chi connectivity index (χ3v) is 7.69. The molecular formula is C24H34N4O2. The van der Waals surface area contributed by atoms with Gasteiger partial charge in [-0.25, -0.2) is 4.98 Å². The van der Waals surface area contributed by atoms with Crippen LogP contribution in [0.1, 0.15) is 24.0 Å². The number of rotatable bonds is 3. The maximum Gasteiger partial charge on any atom is 0.134 e. The summed E-state index contributed by atoms with van der Waals surface area (Å²) >= 11 is 0. The van der Waals surface area contributed by atoms with Crippen molar-refractivity contribution in [2.75, 3.05) is 51.2 Å². The molecule has 30 heavy (non-hydrogen) atoms. The van der Waals surface area contributed by atoms with Gasteiger partial charge in [-0.1, -0.05) is 18.2 Å². The first kappa shape index (κ1) is 20.2. The summed E-state index contributed by atoms with van der Waals surface area (Å²) in [5.41, 5.74) is 3.10. The second-order valence-electron chi connectivity index (χ2n) is 9.65. The van der Waals surface area contributed by atoms with Crippen LogP contribution in [-0.2, 0) is 6.61 Å². The molecule has 0 radical (unpaired) electrons. The predicted molar refractivity (Wildman–Crippen MR) is 120 cm³/mol. The number of hydrogen-bond donors (Lipinski definition) is 2. The summed E-state index contributed by atoms with van der Waals surface area (Å²) in [5, 5.41) is 22.1. The van der Waals surface area contributed by atoms with E-state index in [-0.39, 0.29) is 18.8 Å². The minimum Gasteiger partial charge on any atom is -0.392 e. The van der Waals surface area contributed by atoms with E-state index >= 15 is 0 Å². The number of aromatic nitrogens is 1. The summed E-state index contributed by atoms with van der Waals surface area (Å²) in [7, 11) is 2.18. The van der Waals surface area contributed by atoms with Crippen molar-refractivity contribution in [2.24, 2.45) is 11.8 Å². The van der Waals surface area contributed by atoms with Gasteiger partial charge in [0.2, 0.25) is 0 Å². The Balaban J connectivity index is 1.37. The van der Waals surface area contributed by atoms with Gasteiger partial charge in [0.15, 0.2) is 0 Å². The first-order valence-electron chi connectivity index (χ1n) is 11.4. The smallest absolute Gasteiger partial charge is 0.134 e. The number of aliphatic hydroxyl groups is 2. The number of aryl methyl sites for hydroxylation is 1. The standard InChI is InChI=1S/C24H34N4O2/c1-16-4-3-5-17-10-20(15-29)24(25-23(16)17)28-13-18-11-21(22(30)12-19(18)14-28)27-8-6-26(2)7-9-27/h3-5,10,18-19,21-22,29-30H,6-9,11-15H2,1-2H3/t18-,19+,21-,22-/m1/s1. The minimum absolute atomic E-state index is 0.00456. The molecule has 2 aliphatic heterocycles. The lowest BCUT2D eigenvalue weighted by Crippen LogP contribution is -2.55. The van der Waals surface area contributed by atoms with Crippen molar-refractivity contribution < 1.29 is 10.2 Å². The van der Waals surface area contributed by atoms with E-state index in [0.717, 1.165) is 74.4 Å². The number of benzene rings is 1. The molecule has 162 valence electrons. The molecule has 0 bridgehead atoms. The average molecular weight is 411 g/mol. The topological polar surface area (TPSA) is 63.1 Å². The molecule has 2 saturated heterocycles. The molecule has 0 unspecified atom stereocenters. The molecule has 3 heterocycles. The van der Waals surface area contributed by atoms with E-state index in [1.165, 1.54) is 5.56 Å². The molecule has 1 saturated carbocycles. The summed E-state index contributed by atoms with van der Waals surface area (Å²) in [6, 6.07) is 8.58. The number of hydrogen-bond acceptors (Lipinski definition) is 6. The number of likely N-dealkylation sites (N-methyl/N-ethyl adjacent to an activating group) is 1. The van der Waals surface area contributed by atoms with E-state index in [1.807, 2.05) is 6.07 Å². The Bertz CT molecular complexity index is 911. The Kier molecular flexibility index (Phi) is 5.44. The van der Waals surface area contributed by atoms with Gasteiger partial charge in [-0.05, 0) is 50.3 Å².